The number of hydrogen-bond acceptors (Lipinski definition) is 8. The van der Waals surface area contributed by atoms with Crippen LogP contribution in [0.25, 0.3) is 0 Å². The zero-order valence-electron chi connectivity index (χ0n) is 26.2. The van der Waals surface area contributed by atoms with Gasteiger partial charge in [0.05, 0.1) is 22.7 Å². The summed E-state index contributed by atoms with van der Waals surface area (Å²) in [6.07, 6.45) is 0. The van der Waals surface area contributed by atoms with E-state index >= 15 is 0 Å². The zero-order valence-corrected chi connectivity index (χ0v) is 26.2. The smallest absolute Gasteiger partial charge is 0.127 e. The molecular formula is C39H36N6O2. The van der Waals surface area contributed by atoms with E-state index in [2.05, 4.69) is 59.2 Å². The molecule has 0 bridgehead atoms. The van der Waals surface area contributed by atoms with Crippen LogP contribution in [-0.2, 0) is 5.41 Å². The van der Waals surface area contributed by atoms with E-state index in [1.165, 1.54) is 11.1 Å². The first kappa shape index (κ1) is 30.7. The van der Waals surface area contributed by atoms with Gasteiger partial charge >= 0.3 is 0 Å². The maximum atomic E-state index is 6.11. The highest BCUT2D eigenvalue weighted by Gasteiger charge is 2.23. The third kappa shape index (κ3) is 8.06. The predicted molar refractivity (Wildman–Crippen MR) is 191 cm³/mol. The third-order valence-corrected chi connectivity index (χ3v) is 7.75. The zero-order chi connectivity index (χ0) is 32.6. The normalized spacial score (nSPS) is 11.3. The Hall–Kier alpha value is -6.28. The van der Waals surface area contributed by atoms with Crippen molar-refractivity contribution in [1.82, 2.24) is 0 Å². The summed E-state index contributed by atoms with van der Waals surface area (Å²) in [4.78, 5) is 0. The molecule has 6 aromatic rings. The molecule has 6 aromatic carbocycles. The predicted octanol–water partition coefficient (Wildman–Crippen LogP) is 10.6. The summed E-state index contributed by atoms with van der Waals surface area (Å²) in [5.74, 6) is 3.00. The van der Waals surface area contributed by atoms with Crippen LogP contribution in [0.15, 0.2) is 156 Å². The Kier molecular flexibility index (Phi) is 9.02. The van der Waals surface area contributed by atoms with Gasteiger partial charge in [-0.3, -0.25) is 0 Å². The van der Waals surface area contributed by atoms with Crippen molar-refractivity contribution in [2.24, 2.45) is 10.2 Å². The van der Waals surface area contributed by atoms with Crippen LogP contribution < -0.4 is 31.8 Å². The van der Waals surface area contributed by atoms with Gasteiger partial charge in [0.1, 0.15) is 23.0 Å². The van der Waals surface area contributed by atoms with Gasteiger partial charge in [0.25, 0.3) is 0 Å². The van der Waals surface area contributed by atoms with Crippen LogP contribution in [0.2, 0.25) is 0 Å². The van der Waals surface area contributed by atoms with Gasteiger partial charge in [-0.2, -0.15) is 10.2 Å². The molecule has 8 heteroatoms. The number of anilines is 4. The lowest BCUT2D eigenvalue weighted by atomic mass is 9.78. The molecule has 47 heavy (non-hydrogen) atoms. The second kappa shape index (κ2) is 13.8. The van der Waals surface area contributed by atoms with Crippen molar-refractivity contribution in [2.75, 3.05) is 22.3 Å². The number of azo groups is 1. The standard InChI is InChI=1S/C39H36N6O2/c1-39(2,27-3-19-35(20-4-27)46-37-23-15-33(16-24-37)44-42-31-11-7-29(40)8-12-31)28-5-21-36(22-6-28)47-38-25-17-34(18-26-38)45-43-32-13-9-30(41)10-14-32/h3-26,42,44H,40-41H2,1-2H3/b45-43+. The molecule has 0 saturated carbocycles. The van der Waals surface area contributed by atoms with Gasteiger partial charge in [0.2, 0.25) is 0 Å². The number of nitrogen functional groups attached to an aromatic ring is 2. The monoisotopic (exact) mass is 620 g/mol. The summed E-state index contributed by atoms with van der Waals surface area (Å²) in [5, 5.41) is 8.53. The molecule has 0 atom stereocenters. The molecule has 6 N–H and O–H groups in total. The van der Waals surface area contributed by atoms with E-state index < -0.39 is 0 Å². The number of nitrogens with one attached hydrogen (secondary N) is 2. The molecule has 0 fully saturated rings. The van der Waals surface area contributed by atoms with Gasteiger partial charge in [-0.15, -0.1) is 0 Å². The quantitative estimate of drug-likeness (QED) is 0.0650. The summed E-state index contributed by atoms with van der Waals surface area (Å²) in [7, 11) is 0. The number of nitrogens with zero attached hydrogens (tertiary/aromatic N) is 2. The molecule has 0 aliphatic rings. The highest BCUT2D eigenvalue weighted by molar-refractivity contribution is 5.57. The number of hydrazine groups is 1. The van der Waals surface area contributed by atoms with Gasteiger partial charge in [0, 0.05) is 16.8 Å². The summed E-state index contributed by atoms with van der Waals surface area (Å²) < 4.78 is 12.2. The van der Waals surface area contributed by atoms with Crippen molar-refractivity contribution in [1.29, 1.82) is 0 Å². The average Bonchev–Trinajstić information content (AvgIpc) is 3.09. The Balaban J connectivity index is 1.02. The van der Waals surface area contributed by atoms with Crippen molar-refractivity contribution in [3.63, 3.8) is 0 Å². The highest BCUT2D eigenvalue weighted by Crippen LogP contribution is 2.35. The number of benzene rings is 6. The van der Waals surface area contributed by atoms with E-state index in [0.717, 1.165) is 51.4 Å². The second-order valence-electron chi connectivity index (χ2n) is 11.6. The first-order chi connectivity index (χ1) is 22.8. The van der Waals surface area contributed by atoms with Crippen LogP contribution in [0.3, 0.4) is 0 Å². The third-order valence-electron chi connectivity index (χ3n) is 7.75. The molecule has 0 amide bonds. The van der Waals surface area contributed by atoms with Gasteiger partial charge in [-0.05, 0) is 132 Å². The Morgan fingerprint density at radius 1 is 0.426 bits per heavy atom. The van der Waals surface area contributed by atoms with Crippen LogP contribution in [-0.4, -0.2) is 0 Å². The second-order valence-corrected chi connectivity index (χ2v) is 11.6. The van der Waals surface area contributed by atoms with E-state index in [0.29, 0.717) is 5.69 Å². The Bertz CT molecular complexity index is 1920. The molecule has 0 aromatic heterocycles. The van der Waals surface area contributed by atoms with Crippen molar-refractivity contribution in [2.45, 2.75) is 19.3 Å². The van der Waals surface area contributed by atoms with E-state index in [4.69, 9.17) is 20.9 Å². The minimum Gasteiger partial charge on any atom is -0.457 e. The lowest BCUT2D eigenvalue weighted by Gasteiger charge is -2.26. The van der Waals surface area contributed by atoms with Crippen molar-refractivity contribution >= 4 is 34.1 Å². The molecule has 0 saturated heterocycles. The largest absolute Gasteiger partial charge is 0.457 e. The van der Waals surface area contributed by atoms with Crippen LogP contribution >= 0.6 is 0 Å². The summed E-state index contributed by atoms with van der Waals surface area (Å²) in [6, 6.07) is 46.5. The van der Waals surface area contributed by atoms with Crippen LogP contribution in [0.4, 0.5) is 34.1 Å². The molecule has 0 aliphatic heterocycles. The van der Waals surface area contributed by atoms with E-state index in [1.807, 2.05) is 109 Å². The average molecular weight is 621 g/mol. The fourth-order valence-electron chi connectivity index (χ4n) is 4.87. The molecule has 234 valence electrons. The molecular weight excluding hydrogens is 584 g/mol. The van der Waals surface area contributed by atoms with Crippen LogP contribution in [0.5, 0.6) is 23.0 Å². The van der Waals surface area contributed by atoms with Crippen molar-refractivity contribution < 1.29 is 9.47 Å². The molecule has 0 spiro atoms. The SMILES string of the molecule is CC(C)(c1ccc(Oc2ccc(/N=N/c3ccc(N)cc3)cc2)cc1)c1ccc(Oc2ccc(NNc3ccc(N)cc3)cc2)cc1. The Morgan fingerprint density at radius 2 is 0.723 bits per heavy atom. The summed E-state index contributed by atoms with van der Waals surface area (Å²) >= 11 is 0. The van der Waals surface area contributed by atoms with E-state index in [9.17, 15) is 0 Å². The van der Waals surface area contributed by atoms with E-state index in [1.54, 1.807) is 12.1 Å². The number of hydrogen-bond donors (Lipinski definition) is 4. The molecule has 8 nitrogen and oxygen atoms in total. The lowest BCUT2D eigenvalue weighted by Crippen LogP contribution is -2.18. The first-order valence-corrected chi connectivity index (χ1v) is 15.2. The molecule has 0 unspecified atom stereocenters. The summed E-state index contributed by atoms with van der Waals surface area (Å²) in [6.45, 7) is 4.42. The fraction of sp³-hybridized carbons (Fsp3) is 0.0769. The minimum atomic E-state index is -0.223. The Labute approximate surface area is 274 Å². The fourth-order valence-corrected chi connectivity index (χ4v) is 4.87. The van der Waals surface area contributed by atoms with Crippen molar-refractivity contribution in [3.05, 3.63) is 157 Å². The van der Waals surface area contributed by atoms with Gasteiger partial charge in [-0.1, -0.05) is 38.1 Å². The first-order valence-electron chi connectivity index (χ1n) is 15.2. The van der Waals surface area contributed by atoms with Gasteiger partial charge in [0.15, 0.2) is 0 Å². The van der Waals surface area contributed by atoms with Crippen molar-refractivity contribution in [3.8, 4) is 23.0 Å². The maximum Gasteiger partial charge on any atom is 0.127 e. The van der Waals surface area contributed by atoms with Crippen LogP contribution in [0.1, 0.15) is 25.0 Å². The van der Waals surface area contributed by atoms with Gasteiger partial charge in [-0.25, -0.2) is 0 Å². The molecule has 6 rings (SSSR count). The maximum absolute atomic E-state index is 6.11. The molecule has 0 heterocycles. The summed E-state index contributed by atoms with van der Waals surface area (Å²) in [5.41, 5.74) is 24.7. The lowest BCUT2D eigenvalue weighted by molar-refractivity contribution is 0.481. The van der Waals surface area contributed by atoms with Crippen LogP contribution in [0, 0.1) is 0 Å². The molecule has 0 radical (unpaired) electrons. The van der Waals surface area contributed by atoms with E-state index in [-0.39, 0.29) is 5.41 Å². The topological polar surface area (TPSA) is 119 Å². The van der Waals surface area contributed by atoms with Gasteiger partial charge < -0.3 is 31.8 Å². The number of rotatable bonds is 11. The highest BCUT2D eigenvalue weighted by atomic mass is 16.5. The number of nitrogens with two attached hydrogens (primary N) is 2. The molecule has 0 aliphatic carbocycles. The Morgan fingerprint density at radius 3 is 1.13 bits per heavy atom. The number of ether oxygens (including phenoxy) is 2. The minimum absolute atomic E-state index is 0.223.